The number of nitrogen functional groups attached to an aromatic ring is 1. The Morgan fingerprint density at radius 1 is 1.24 bits per heavy atom. The van der Waals surface area contributed by atoms with Crippen molar-refractivity contribution in [3.05, 3.63) is 54.4 Å². The number of fused-ring (bicyclic) bond motifs is 1. The molecule has 176 valence electrons. The highest BCUT2D eigenvalue weighted by atomic mass is 19.1. The van der Waals surface area contributed by atoms with Gasteiger partial charge in [-0.15, -0.1) is 0 Å². The lowest BCUT2D eigenvalue weighted by Crippen LogP contribution is -2.45. The zero-order valence-corrected chi connectivity index (χ0v) is 19.2. The SMILES string of the molecule is CC(C)(C)OC(=O)NC1CCN(Cc2ccn3cncc(Oc4ccc(N)cc4F)c23)CC1. The van der Waals surface area contributed by atoms with Crippen LogP contribution in [0.25, 0.3) is 5.52 Å². The molecule has 8 nitrogen and oxygen atoms in total. The number of carbonyl (C=O) groups is 1. The van der Waals surface area contributed by atoms with Crippen LogP contribution in [0.4, 0.5) is 14.9 Å². The lowest BCUT2D eigenvalue weighted by atomic mass is 10.0. The van der Waals surface area contributed by atoms with E-state index in [-0.39, 0.29) is 17.9 Å². The molecule has 4 rings (SSSR count). The van der Waals surface area contributed by atoms with Gasteiger partial charge in [-0.25, -0.2) is 14.2 Å². The average Bonchev–Trinajstić information content (AvgIpc) is 3.14. The van der Waals surface area contributed by atoms with Gasteiger partial charge in [0.1, 0.15) is 5.60 Å². The molecule has 3 aromatic rings. The first-order valence-corrected chi connectivity index (χ1v) is 11.1. The van der Waals surface area contributed by atoms with E-state index in [1.165, 1.54) is 12.1 Å². The van der Waals surface area contributed by atoms with E-state index < -0.39 is 11.4 Å². The van der Waals surface area contributed by atoms with E-state index in [1.807, 2.05) is 37.4 Å². The molecule has 0 radical (unpaired) electrons. The van der Waals surface area contributed by atoms with Crippen molar-refractivity contribution in [2.75, 3.05) is 18.8 Å². The number of nitrogens with two attached hydrogens (primary N) is 1. The number of alkyl carbamates (subject to hydrolysis) is 1. The summed E-state index contributed by atoms with van der Waals surface area (Å²) in [6.07, 6.45) is 6.51. The third kappa shape index (κ3) is 5.73. The maximum atomic E-state index is 14.3. The number of hydrogen-bond donors (Lipinski definition) is 2. The predicted molar refractivity (Wildman–Crippen MR) is 124 cm³/mol. The molecule has 33 heavy (non-hydrogen) atoms. The summed E-state index contributed by atoms with van der Waals surface area (Å²) < 4.78 is 27.4. The Balaban J connectivity index is 1.42. The molecule has 0 spiro atoms. The lowest BCUT2D eigenvalue weighted by Gasteiger charge is -2.32. The fourth-order valence-corrected chi connectivity index (χ4v) is 3.98. The smallest absolute Gasteiger partial charge is 0.407 e. The molecule has 0 bridgehead atoms. The van der Waals surface area contributed by atoms with Gasteiger partial charge >= 0.3 is 6.09 Å². The molecule has 1 aliphatic rings. The third-order valence-electron chi connectivity index (χ3n) is 5.49. The van der Waals surface area contributed by atoms with Gasteiger partial charge in [0.15, 0.2) is 17.3 Å². The summed E-state index contributed by atoms with van der Waals surface area (Å²) in [4.78, 5) is 18.6. The van der Waals surface area contributed by atoms with Gasteiger partial charge in [-0.05, 0) is 57.4 Å². The maximum absolute atomic E-state index is 14.3. The van der Waals surface area contributed by atoms with Gasteiger partial charge in [-0.2, -0.15) is 0 Å². The summed E-state index contributed by atoms with van der Waals surface area (Å²) in [6.45, 7) is 7.95. The minimum absolute atomic E-state index is 0.0958. The fourth-order valence-electron chi connectivity index (χ4n) is 3.98. The molecule has 3 heterocycles. The summed E-state index contributed by atoms with van der Waals surface area (Å²) in [6, 6.07) is 6.46. The minimum Gasteiger partial charge on any atom is -0.450 e. The number of amides is 1. The Morgan fingerprint density at radius 3 is 2.70 bits per heavy atom. The molecule has 1 fully saturated rings. The predicted octanol–water partition coefficient (Wildman–Crippen LogP) is 4.34. The summed E-state index contributed by atoms with van der Waals surface area (Å²) in [5.74, 6) is 0.0487. The van der Waals surface area contributed by atoms with E-state index in [1.54, 1.807) is 18.6 Å². The van der Waals surface area contributed by atoms with Crippen LogP contribution in [0.3, 0.4) is 0 Å². The largest absolute Gasteiger partial charge is 0.450 e. The summed E-state index contributed by atoms with van der Waals surface area (Å²) in [7, 11) is 0. The van der Waals surface area contributed by atoms with Crippen molar-refractivity contribution >= 4 is 17.3 Å². The summed E-state index contributed by atoms with van der Waals surface area (Å²) in [5.41, 5.74) is 7.37. The molecule has 0 atom stereocenters. The zero-order chi connectivity index (χ0) is 23.6. The van der Waals surface area contributed by atoms with Crippen molar-refractivity contribution in [2.24, 2.45) is 0 Å². The highest BCUT2D eigenvalue weighted by molar-refractivity contribution is 5.68. The van der Waals surface area contributed by atoms with Gasteiger partial charge in [0.2, 0.25) is 0 Å². The quantitative estimate of drug-likeness (QED) is 0.556. The third-order valence-corrected chi connectivity index (χ3v) is 5.49. The van der Waals surface area contributed by atoms with E-state index >= 15 is 0 Å². The molecule has 2 aromatic heterocycles. The number of likely N-dealkylation sites (tertiary alicyclic amines) is 1. The Bertz CT molecular complexity index is 1130. The highest BCUT2D eigenvalue weighted by Crippen LogP contribution is 2.31. The monoisotopic (exact) mass is 455 g/mol. The second-order valence-corrected chi connectivity index (χ2v) is 9.34. The molecule has 0 saturated carbocycles. The number of nitrogens with one attached hydrogen (secondary N) is 1. The normalized spacial score (nSPS) is 15.5. The van der Waals surface area contributed by atoms with Crippen LogP contribution in [-0.2, 0) is 11.3 Å². The van der Waals surface area contributed by atoms with E-state index in [4.69, 9.17) is 15.2 Å². The van der Waals surface area contributed by atoms with Crippen LogP contribution < -0.4 is 15.8 Å². The minimum atomic E-state index is -0.523. The summed E-state index contributed by atoms with van der Waals surface area (Å²) >= 11 is 0. The number of anilines is 1. The van der Waals surface area contributed by atoms with Crippen LogP contribution in [0.15, 0.2) is 43.0 Å². The topological polar surface area (TPSA) is 94.1 Å². The number of rotatable bonds is 5. The Kier molecular flexibility index (Phi) is 6.42. The molecule has 0 unspecified atom stereocenters. The van der Waals surface area contributed by atoms with E-state index in [9.17, 15) is 9.18 Å². The first kappa shape index (κ1) is 22.8. The Labute approximate surface area is 192 Å². The number of carbonyl (C=O) groups excluding carboxylic acids is 1. The molecular formula is C24H30FN5O3. The number of benzene rings is 1. The molecule has 1 saturated heterocycles. The molecule has 3 N–H and O–H groups in total. The standard InChI is InChI=1S/C24H30FN5O3/c1-24(2,3)33-23(31)28-18-7-9-29(10-8-18)14-16-6-11-30-15-27-13-21(22(16)30)32-20-5-4-17(26)12-19(20)25/h4-6,11-13,15,18H,7-10,14,26H2,1-3H3,(H,28,31). The van der Waals surface area contributed by atoms with Crippen molar-refractivity contribution in [2.45, 2.75) is 51.8 Å². The van der Waals surface area contributed by atoms with Crippen molar-refractivity contribution in [3.63, 3.8) is 0 Å². The molecule has 1 aliphatic heterocycles. The van der Waals surface area contributed by atoms with E-state index in [2.05, 4.69) is 15.2 Å². The first-order valence-electron chi connectivity index (χ1n) is 11.1. The number of halogens is 1. The highest BCUT2D eigenvalue weighted by Gasteiger charge is 2.24. The number of ether oxygens (including phenoxy) is 2. The molecular weight excluding hydrogens is 425 g/mol. The van der Waals surface area contributed by atoms with Crippen LogP contribution in [0.5, 0.6) is 11.5 Å². The summed E-state index contributed by atoms with van der Waals surface area (Å²) in [5, 5.41) is 2.97. The first-order chi connectivity index (χ1) is 15.7. The van der Waals surface area contributed by atoms with Crippen LogP contribution in [0, 0.1) is 5.82 Å². The fraction of sp³-hybridized carbons (Fsp3) is 0.417. The number of nitrogens with zero attached hydrogens (tertiary/aromatic N) is 3. The van der Waals surface area contributed by atoms with Gasteiger partial charge in [0.25, 0.3) is 0 Å². The van der Waals surface area contributed by atoms with Crippen LogP contribution in [-0.4, -0.2) is 45.1 Å². The maximum Gasteiger partial charge on any atom is 0.407 e. The van der Waals surface area contributed by atoms with Crippen molar-refractivity contribution in [3.8, 4) is 11.5 Å². The second kappa shape index (κ2) is 9.27. The molecule has 0 aliphatic carbocycles. The van der Waals surface area contributed by atoms with Crippen molar-refractivity contribution in [1.29, 1.82) is 0 Å². The van der Waals surface area contributed by atoms with Crippen LogP contribution >= 0.6 is 0 Å². The number of aromatic nitrogens is 2. The van der Waals surface area contributed by atoms with Crippen LogP contribution in [0.1, 0.15) is 39.2 Å². The van der Waals surface area contributed by atoms with Crippen LogP contribution in [0.2, 0.25) is 0 Å². The zero-order valence-electron chi connectivity index (χ0n) is 19.2. The van der Waals surface area contributed by atoms with Crippen molar-refractivity contribution in [1.82, 2.24) is 19.6 Å². The molecule has 1 amide bonds. The average molecular weight is 456 g/mol. The van der Waals surface area contributed by atoms with Gasteiger partial charge in [-0.3, -0.25) is 4.90 Å². The van der Waals surface area contributed by atoms with Crippen molar-refractivity contribution < 1.29 is 18.7 Å². The number of piperidine rings is 1. The van der Waals surface area contributed by atoms with E-state index in [0.29, 0.717) is 18.0 Å². The Morgan fingerprint density at radius 2 is 2.00 bits per heavy atom. The second-order valence-electron chi connectivity index (χ2n) is 9.34. The molecule has 1 aromatic carbocycles. The van der Waals surface area contributed by atoms with Gasteiger partial charge in [-0.1, -0.05) is 0 Å². The van der Waals surface area contributed by atoms with Gasteiger partial charge < -0.3 is 24.9 Å². The van der Waals surface area contributed by atoms with E-state index in [0.717, 1.165) is 37.0 Å². The Hall–Kier alpha value is -3.33. The lowest BCUT2D eigenvalue weighted by molar-refractivity contribution is 0.0477. The number of hydrogen-bond acceptors (Lipinski definition) is 6. The van der Waals surface area contributed by atoms with Gasteiger partial charge in [0.05, 0.1) is 18.0 Å². The molecule has 9 heteroatoms. The van der Waals surface area contributed by atoms with Gasteiger partial charge in [0, 0.05) is 43.6 Å².